The van der Waals surface area contributed by atoms with Crippen LogP contribution in [0.25, 0.3) is 0 Å². The normalized spacial score (nSPS) is 20.6. The van der Waals surface area contributed by atoms with Crippen molar-refractivity contribution in [2.75, 3.05) is 57.4 Å². The molecule has 0 radical (unpaired) electrons. The topological polar surface area (TPSA) is 141 Å². The smallest absolute Gasteiger partial charge is 0.293 e. The SMILES string of the molecule is O=C(NC[C@H]1COc2ccccc2O1)C1CCN(c2ccc(S(=O)(=O)N3CCOCC3)cc2[N+](=O)[O-])CC1. The number of para-hydroxylation sites is 2. The lowest BCUT2D eigenvalue weighted by atomic mass is 9.95. The molecule has 38 heavy (non-hydrogen) atoms. The Labute approximate surface area is 220 Å². The molecule has 0 unspecified atom stereocenters. The van der Waals surface area contributed by atoms with Crippen molar-refractivity contribution in [3.8, 4) is 11.5 Å². The second kappa shape index (κ2) is 11.1. The number of ether oxygens (including phenoxy) is 3. The minimum Gasteiger partial charge on any atom is -0.486 e. The number of nitro groups is 1. The highest BCUT2D eigenvalue weighted by molar-refractivity contribution is 7.89. The average molecular weight is 547 g/mol. The molecular formula is C25H30N4O8S. The van der Waals surface area contributed by atoms with Crippen molar-refractivity contribution in [2.24, 2.45) is 5.92 Å². The summed E-state index contributed by atoms with van der Waals surface area (Å²) in [6.45, 7) is 2.53. The molecule has 13 heteroatoms. The minimum atomic E-state index is -3.86. The Balaban J connectivity index is 1.18. The molecule has 3 aliphatic rings. The number of hydrogen-bond acceptors (Lipinski definition) is 9. The number of anilines is 1. The third kappa shape index (κ3) is 5.54. The van der Waals surface area contributed by atoms with Gasteiger partial charge >= 0.3 is 0 Å². The standard InChI is InChI=1S/C25H30N4O8S/c30-25(26-16-19-17-36-23-3-1-2-4-24(23)37-19)18-7-9-27(10-8-18)21-6-5-20(15-22(21)29(31)32)38(33,34)28-11-13-35-14-12-28/h1-6,15,18-19H,7-14,16-17H2,(H,26,30)/t19-/m0/s1. The van der Waals surface area contributed by atoms with E-state index in [-0.39, 0.29) is 54.8 Å². The third-order valence-electron chi connectivity index (χ3n) is 7.03. The lowest BCUT2D eigenvalue weighted by molar-refractivity contribution is -0.384. The molecule has 5 rings (SSSR count). The molecule has 3 heterocycles. The Bertz CT molecular complexity index is 1290. The van der Waals surface area contributed by atoms with E-state index in [1.807, 2.05) is 29.2 Å². The van der Waals surface area contributed by atoms with Gasteiger partial charge in [-0.25, -0.2) is 8.42 Å². The summed E-state index contributed by atoms with van der Waals surface area (Å²) in [5.74, 6) is 1.01. The summed E-state index contributed by atoms with van der Waals surface area (Å²) in [5, 5.41) is 14.8. The molecule has 1 atom stereocenters. The summed E-state index contributed by atoms with van der Waals surface area (Å²) in [4.78, 5) is 25.8. The molecule has 2 aromatic carbocycles. The van der Waals surface area contributed by atoms with Gasteiger partial charge in [-0.3, -0.25) is 14.9 Å². The maximum Gasteiger partial charge on any atom is 0.293 e. The van der Waals surface area contributed by atoms with Crippen LogP contribution < -0.4 is 19.7 Å². The van der Waals surface area contributed by atoms with Crippen LogP contribution in [0.5, 0.6) is 11.5 Å². The number of benzene rings is 2. The highest BCUT2D eigenvalue weighted by atomic mass is 32.2. The van der Waals surface area contributed by atoms with E-state index in [0.29, 0.717) is 56.3 Å². The van der Waals surface area contributed by atoms with Crippen molar-refractivity contribution in [1.82, 2.24) is 9.62 Å². The van der Waals surface area contributed by atoms with Crippen LogP contribution in [-0.2, 0) is 19.6 Å². The number of carbonyl (C=O) groups is 1. The van der Waals surface area contributed by atoms with E-state index >= 15 is 0 Å². The zero-order valence-electron chi connectivity index (χ0n) is 20.8. The first-order valence-electron chi connectivity index (χ1n) is 12.6. The number of nitro benzene ring substituents is 1. The minimum absolute atomic E-state index is 0.0893. The number of amides is 1. The van der Waals surface area contributed by atoms with E-state index < -0.39 is 14.9 Å². The van der Waals surface area contributed by atoms with Crippen molar-refractivity contribution in [1.29, 1.82) is 0 Å². The van der Waals surface area contributed by atoms with Gasteiger partial charge in [0.2, 0.25) is 15.9 Å². The quantitative estimate of drug-likeness (QED) is 0.406. The van der Waals surface area contributed by atoms with Crippen molar-refractivity contribution >= 4 is 27.3 Å². The zero-order valence-corrected chi connectivity index (χ0v) is 21.6. The van der Waals surface area contributed by atoms with Gasteiger partial charge < -0.3 is 24.4 Å². The highest BCUT2D eigenvalue weighted by Gasteiger charge is 2.32. The lowest BCUT2D eigenvalue weighted by Crippen LogP contribution is -2.45. The van der Waals surface area contributed by atoms with Crippen LogP contribution in [0.2, 0.25) is 0 Å². The van der Waals surface area contributed by atoms with Crippen molar-refractivity contribution in [3.63, 3.8) is 0 Å². The number of rotatable bonds is 7. The molecular weight excluding hydrogens is 516 g/mol. The molecule has 0 bridgehead atoms. The van der Waals surface area contributed by atoms with E-state index in [0.717, 1.165) is 6.07 Å². The monoisotopic (exact) mass is 546 g/mol. The van der Waals surface area contributed by atoms with Crippen LogP contribution in [0.1, 0.15) is 12.8 Å². The number of hydrogen-bond donors (Lipinski definition) is 1. The number of fused-ring (bicyclic) bond motifs is 1. The number of piperidine rings is 1. The maximum absolute atomic E-state index is 13.0. The molecule has 204 valence electrons. The van der Waals surface area contributed by atoms with Gasteiger partial charge in [0.05, 0.1) is 29.6 Å². The van der Waals surface area contributed by atoms with Crippen molar-refractivity contribution < 1.29 is 32.3 Å². The number of nitrogens with zero attached hydrogens (tertiary/aromatic N) is 3. The number of sulfonamides is 1. The molecule has 0 spiro atoms. The van der Waals surface area contributed by atoms with Crippen LogP contribution in [0, 0.1) is 16.0 Å². The predicted octanol–water partition coefficient (Wildman–Crippen LogP) is 1.79. The second-order valence-corrected chi connectivity index (χ2v) is 11.4. The van der Waals surface area contributed by atoms with E-state index in [1.165, 1.54) is 16.4 Å². The van der Waals surface area contributed by atoms with Gasteiger partial charge in [0.15, 0.2) is 11.5 Å². The summed E-state index contributed by atoms with van der Waals surface area (Å²) < 4.78 is 44.0. The molecule has 2 saturated heterocycles. The fourth-order valence-electron chi connectivity index (χ4n) is 4.92. The van der Waals surface area contributed by atoms with Crippen molar-refractivity contribution in [2.45, 2.75) is 23.8 Å². The van der Waals surface area contributed by atoms with E-state index in [2.05, 4.69) is 5.32 Å². The molecule has 12 nitrogen and oxygen atoms in total. The Hall–Kier alpha value is -3.42. The van der Waals surface area contributed by atoms with Crippen LogP contribution in [-0.4, -0.2) is 82.2 Å². The summed E-state index contributed by atoms with van der Waals surface area (Å²) in [6, 6.07) is 11.4. The molecule has 2 fully saturated rings. The molecule has 1 N–H and O–H groups in total. The Morgan fingerprint density at radius 2 is 1.76 bits per heavy atom. The molecule has 2 aromatic rings. The van der Waals surface area contributed by atoms with Gasteiger partial charge in [-0.1, -0.05) is 12.1 Å². The summed E-state index contributed by atoms with van der Waals surface area (Å²) in [5.41, 5.74) is 0.0816. The summed E-state index contributed by atoms with van der Waals surface area (Å²) in [7, 11) is -3.86. The highest BCUT2D eigenvalue weighted by Crippen LogP contribution is 2.35. The predicted molar refractivity (Wildman–Crippen MR) is 137 cm³/mol. The first-order valence-corrected chi connectivity index (χ1v) is 14.0. The molecule has 3 aliphatic heterocycles. The van der Waals surface area contributed by atoms with Crippen LogP contribution in [0.15, 0.2) is 47.4 Å². The van der Waals surface area contributed by atoms with E-state index in [1.54, 1.807) is 0 Å². The van der Waals surface area contributed by atoms with Crippen LogP contribution in [0.4, 0.5) is 11.4 Å². The summed E-state index contributed by atoms with van der Waals surface area (Å²) in [6.07, 6.45) is 0.743. The van der Waals surface area contributed by atoms with Gasteiger partial charge in [0.25, 0.3) is 5.69 Å². The van der Waals surface area contributed by atoms with Gasteiger partial charge in [-0.15, -0.1) is 0 Å². The fraction of sp³-hybridized carbons (Fsp3) is 0.480. The Morgan fingerprint density at radius 1 is 1.05 bits per heavy atom. The van der Waals surface area contributed by atoms with Crippen LogP contribution in [0.3, 0.4) is 0 Å². The van der Waals surface area contributed by atoms with Gasteiger partial charge in [0.1, 0.15) is 18.4 Å². The Kier molecular flexibility index (Phi) is 7.68. The molecule has 0 aromatic heterocycles. The maximum atomic E-state index is 13.0. The first kappa shape index (κ1) is 26.2. The number of nitrogens with one attached hydrogen (secondary N) is 1. The molecule has 1 amide bonds. The molecule has 0 aliphatic carbocycles. The van der Waals surface area contributed by atoms with Gasteiger partial charge in [0, 0.05) is 38.2 Å². The largest absolute Gasteiger partial charge is 0.486 e. The number of carbonyl (C=O) groups excluding carboxylic acids is 1. The molecule has 0 saturated carbocycles. The second-order valence-electron chi connectivity index (χ2n) is 9.43. The van der Waals surface area contributed by atoms with Gasteiger partial charge in [-0.2, -0.15) is 4.31 Å². The van der Waals surface area contributed by atoms with E-state index in [9.17, 15) is 23.3 Å². The van der Waals surface area contributed by atoms with Gasteiger partial charge in [-0.05, 0) is 37.1 Å². The third-order valence-corrected chi connectivity index (χ3v) is 8.92. The zero-order chi connectivity index (χ0) is 26.7. The first-order chi connectivity index (χ1) is 18.3. The van der Waals surface area contributed by atoms with Crippen molar-refractivity contribution in [3.05, 3.63) is 52.6 Å². The summed E-state index contributed by atoms with van der Waals surface area (Å²) >= 11 is 0. The fourth-order valence-corrected chi connectivity index (χ4v) is 6.35. The number of morpholine rings is 1. The Morgan fingerprint density at radius 3 is 2.47 bits per heavy atom. The lowest BCUT2D eigenvalue weighted by Gasteiger charge is -2.33. The van der Waals surface area contributed by atoms with E-state index in [4.69, 9.17) is 14.2 Å². The van der Waals surface area contributed by atoms with Crippen LogP contribution >= 0.6 is 0 Å². The average Bonchev–Trinajstić information content (AvgIpc) is 2.96.